The first-order valence-electron chi connectivity index (χ1n) is 9.47. The molecule has 1 aliphatic rings. The van der Waals surface area contributed by atoms with E-state index in [0.29, 0.717) is 16.9 Å². The van der Waals surface area contributed by atoms with E-state index in [4.69, 9.17) is 0 Å². The Bertz CT molecular complexity index is 990. The Morgan fingerprint density at radius 1 is 0.893 bits per heavy atom. The Morgan fingerprint density at radius 3 is 2.39 bits per heavy atom. The minimum Gasteiger partial charge on any atom is -0.372 e. The molecule has 3 aromatic rings. The third-order valence-electron chi connectivity index (χ3n) is 4.85. The van der Waals surface area contributed by atoms with Crippen LogP contribution in [0, 0.1) is 0 Å². The molecule has 2 heterocycles. The van der Waals surface area contributed by atoms with Crippen molar-refractivity contribution in [1.82, 2.24) is 4.98 Å². The number of hydrogen-bond acceptors (Lipinski definition) is 4. The molecule has 0 bridgehead atoms. The summed E-state index contributed by atoms with van der Waals surface area (Å²) in [6.07, 6.45) is 3.87. The number of carbonyl (C=O) groups is 2. The van der Waals surface area contributed by atoms with Gasteiger partial charge < -0.3 is 15.5 Å². The van der Waals surface area contributed by atoms with Gasteiger partial charge in [-0.2, -0.15) is 0 Å². The molecule has 142 valence electrons. The maximum absolute atomic E-state index is 12.3. The van der Waals surface area contributed by atoms with E-state index in [1.807, 2.05) is 48.5 Å². The summed E-state index contributed by atoms with van der Waals surface area (Å²) in [5.41, 5.74) is 3.16. The highest BCUT2D eigenvalue weighted by Crippen LogP contribution is 2.23. The van der Waals surface area contributed by atoms with Crippen molar-refractivity contribution < 1.29 is 9.59 Å². The number of carbonyl (C=O) groups excluding carboxylic acids is 2. The Kier molecular flexibility index (Phi) is 5.19. The predicted octanol–water partition coefficient (Wildman–Crippen LogP) is 3.80. The molecule has 0 radical (unpaired) electrons. The Labute approximate surface area is 163 Å². The summed E-state index contributed by atoms with van der Waals surface area (Å²) in [6.45, 7) is 2.16. The molecule has 6 heteroatoms. The molecule has 6 nitrogen and oxygen atoms in total. The quantitative estimate of drug-likeness (QED) is 0.666. The van der Waals surface area contributed by atoms with Crippen molar-refractivity contribution in [2.24, 2.45) is 0 Å². The molecule has 0 unspecified atom stereocenters. The molecule has 1 aromatic heterocycles. The summed E-state index contributed by atoms with van der Waals surface area (Å²) in [4.78, 5) is 31.1. The zero-order valence-electron chi connectivity index (χ0n) is 15.5. The highest BCUT2D eigenvalue weighted by molar-refractivity contribution is 6.10. The van der Waals surface area contributed by atoms with Gasteiger partial charge in [-0.05, 0) is 49.2 Å². The maximum Gasteiger partial charge on any atom is 0.233 e. The molecule has 1 saturated heterocycles. The molecule has 1 fully saturated rings. The number of amides is 2. The Morgan fingerprint density at radius 2 is 1.61 bits per heavy atom. The molecular formula is C22H22N4O2. The monoisotopic (exact) mass is 374 g/mol. The normalized spacial score (nSPS) is 13.5. The van der Waals surface area contributed by atoms with Gasteiger partial charge in [-0.25, -0.2) is 0 Å². The van der Waals surface area contributed by atoms with Crippen molar-refractivity contribution >= 4 is 39.8 Å². The average Bonchev–Trinajstić information content (AvgIpc) is 3.23. The fourth-order valence-electron chi connectivity index (χ4n) is 3.48. The Hall–Kier alpha value is -3.41. The lowest BCUT2D eigenvalue weighted by Gasteiger charge is -2.17. The number of rotatable bonds is 5. The van der Waals surface area contributed by atoms with Gasteiger partial charge in [0, 0.05) is 36.0 Å². The fourth-order valence-corrected chi connectivity index (χ4v) is 3.48. The lowest BCUT2D eigenvalue weighted by molar-refractivity contribution is -0.123. The summed E-state index contributed by atoms with van der Waals surface area (Å²) in [5.74, 6) is -0.719. The van der Waals surface area contributed by atoms with Crippen LogP contribution in [0.2, 0.25) is 0 Å². The maximum atomic E-state index is 12.3. The highest BCUT2D eigenvalue weighted by atomic mass is 16.2. The van der Waals surface area contributed by atoms with Crippen molar-refractivity contribution in [3.8, 4) is 0 Å². The van der Waals surface area contributed by atoms with Crippen LogP contribution in [0.25, 0.3) is 10.9 Å². The van der Waals surface area contributed by atoms with Crippen molar-refractivity contribution in [2.75, 3.05) is 28.6 Å². The third kappa shape index (κ3) is 4.11. The summed E-state index contributed by atoms with van der Waals surface area (Å²) < 4.78 is 0. The van der Waals surface area contributed by atoms with Crippen LogP contribution in [-0.4, -0.2) is 29.9 Å². The molecule has 0 spiro atoms. The molecule has 28 heavy (non-hydrogen) atoms. The van der Waals surface area contributed by atoms with Crippen molar-refractivity contribution in [2.45, 2.75) is 19.3 Å². The van der Waals surface area contributed by atoms with E-state index in [1.54, 1.807) is 12.3 Å². The number of hydrogen-bond donors (Lipinski definition) is 2. The summed E-state index contributed by atoms with van der Waals surface area (Å²) in [7, 11) is 0. The van der Waals surface area contributed by atoms with E-state index >= 15 is 0 Å². The first kappa shape index (κ1) is 18.0. The van der Waals surface area contributed by atoms with Gasteiger partial charge in [0.1, 0.15) is 6.42 Å². The van der Waals surface area contributed by atoms with Crippen LogP contribution in [0.5, 0.6) is 0 Å². The molecule has 4 rings (SSSR count). The number of nitrogens with zero attached hydrogens (tertiary/aromatic N) is 2. The van der Waals surface area contributed by atoms with Crippen molar-refractivity contribution in [1.29, 1.82) is 0 Å². The summed E-state index contributed by atoms with van der Waals surface area (Å²) in [6, 6.07) is 17.1. The second-order valence-corrected chi connectivity index (χ2v) is 6.89. The standard InChI is InChI=1S/C22H22N4O2/c27-20(24-17-8-10-18(11-9-17)26-13-1-2-14-26)15-21(28)25-19-7-3-5-16-6-4-12-23-22(16)19/h3-12H,1-2,13-15H2,(H,24,27)(H,25,28). The lowest BCUT2D eigenvalue weighted by Crippen LogP contribution is -2.21. The van der Waals surface area contributed by atoms with E-state index in [1.165, 1.54) is 12.8 Å². The smallest absolute Gasteiger partial charge is 0.233 e. The highest BCUT2D eigenvalue weighted by Gasteiger charge is 2.14. The number of para-hydroxylation sites is 1. The molecule has 0 saturated carbocycles. The van der Waals surface area contributed by atoms with Gasteiger partial charge >= 0.3 is 0 Å². The number of nitrogens with one attached hydrogen (secondary N) is 2. The number of aromatic nitrogens is 1. The van der Waals surface area contributed by atoms with Crippen LogP contribution >= 0.6 is 0 Å². The van der Waals surface area contributed by atoms with Gasteiger partial charge in [0.2, 0.25) is 11.8 Å². The summed E-state index contributed by atoms with van der Waals surface area (Å²) >= 11 is 0. The number of anilines is 3. The second-order valence-electron chi connectivity index (χ2n) is 6.89. The predicted molar refractivity (Wildman–Crippen MR) is 112 cm³/mol. The van der Waals surface area contributed by atoms with Gasteiger partial charge in [-0.1, -0.05) is 18.2 Å². The zero-order valence-corrected chi connectivity index (χ0v) is 15.5. The molecule has 0 atom stereocenters. The molecule has 2 amide bonds. The number of pyridine rings is 1. The molecule has 2 N–H and O–H groups in total. The van der Waals surface area contributed by atoms with E-state index in [9.17, 15) is 9.59 Å². The van der Waals surface area contributed by atoms with E-state index in [0.717, 1.165) is 24.2 Å². The summed E-state index contributed by atoms with van der Waals surface area (Å²) in [5, 5.41) is 6.49. The average molecular weight is 374 g/mol. The van der Waals surface area contributed by atoms with E-state index in [-0.39, 0.29) is 18.2 Å². The van der Waals surface area contributed by atoms with E-state index < -0.39 is 0 Å². The molecular weight excluding hydrogens is 352 g/mol. The molecule has 1 aliphatic heterocycles. The third-order valence-corrected chi connectivity index (χ3v) is 4.85. The lowest BCUT2D eigenvalue weighted by atomic mass is 10.2. The second kappa shape index (κ2) is 8.08. The zero-order chi connectivity index (χ0) is 19.3. The number of benzene rings is 2. The van der Waals surface area contributed by atoms with Gasteiger partial charge in [0.25, 0.3) is 0 Å². The van der Waals surface area contributed by atoms with Crippen LogP contribution in [0.15, 0.2) is 60.8 Å². The minimum atomic E-state index is -0.371. The van der Waals surface area contributed by atoms with Crippen LogP contribution in [0.4, 0.5) is 17.1 Å². The van der Waals surface area contributed by atoms with Crippen LogP contribution in [0.1, 0.15) is 19.3 Å². The fraction of sp³-hybridized carbons (Fsp3) is 0.227. The molecule has 0 aliphatic carbocycles. The SMILES string of the molecule is O=C(CC(=O)Nc1cccc2cccnc12)Nc1ccc(N2CCCC2)cc1. The van der Waals surface area contributed by atoms with Gasteiger partial charge in [-0.3, -0.25) is 14.6 Å². The topological polar surface area (TPSA) is 74.3 Å². The van der Waals surface area contributed by atoms with Gasteiger partial charge in [0.15, 0.2) is 0 Å². The van der Waals surface area contributed by atoms with E-state index in [2.05, 4.69) is 20.5 Å². The molecule has 2 aromatic carbocycles. The van der Waals surface area contributed by atoms with Crippen LogP contribution < -0.4 is 15.5 Å². The van der Waals surface area contributed by atoms with Crippen LogP contribution in [-0.2, 0) is 9.59 Å². The first-order chi connectivity index (χ1) is 13.7. The van der Waals surface area contributed by atoms with Gasteiger partial charge in [0.05, 0.1) is 11.2 Å². The minimum absolute atomic E-state index is 0.253. The van der Waals surface area contributed by atoms with Crippen molar-refractivity contribution in [3.05, 3.63) is 60.8 Å². The number of fused-ring (bicyclic) bond motifs is 1. The van der Waals surface area contributed by atoms with Gasteiger partial charge in [-0.15, -0.1) is 0 Å². The Balaban J connectivity index is 1.35. The first-order valence-corrected chi connectivity index (χ1v) is 9.47. The van der Waals surface area contributed by atoms with Crippen LogP contribution in [0.3, 0.4) is 0 Å². The largest absolute Gasteiger partial charge is 0.372 e. The van der Waals surface area contributed by atoms with Crippen molar-refractivity contribution in [3.63, 3.8) is 0 Å².